The van der Waals surface area contributed by atoms with Crippen molar-refractivity contribution in [3.05, 3.63) is 28.5 Å². The standard InChI is InChI=1S/C8H11BrN2/c1-2-7(10)8-5-6(9)3-4-11-8/h3-5,7H,2,10H2,1H3. The van der Waals surface area contributed by atoms with Crippen molar-refractivity contribution in [1.82, 2.24) is 4.98 Å². The molecule has 0 aliphatic heterocycles. The van der Waals surface area contributed by atoms with Crippen molar-refractivity contribution in [3.63, 3.8) is 0 Å². The van der Waals surface area contributed by atoms with Gasteiger partial charge in [0.25, 0.3) is 0 Å². The predicted octanol–water partition coefficient (Wildman–Crippen LogP) is 2.25. The number of rotatable bonds is 2. The molecule has 11 heavy (non-hydrogen) atoms. The van der Waals surface area contributed by atoms with E-state index in [0.717, 1.165) is 16.6 Å². The first-order valence-electron chi connectivity index (χ1n) is 3.61. The molecular formula is C8H11BrN2. The summed E-state index contributed by atoms with van der Waals surface area (Å²) >= 11 is 3.36. The van der Waals surface area contributed by atoms with Crippen molar-refractivity contribution >= 4 is 15.9 Å². The minimum Gasteiger partial charge on any atom is -0.323 e. The zero-order valence-electron chi connectivity index (χ0n) is 6.42. The number of nitrogens with two attached hydrogens (primary N) is 1. The summed E-state index contributed by atoms with van der Waals surface area (Å²) < 4.78 is 1.03. The quantitative estimate of drug-likeness (QED) is 0.821. The van der Waals surface area contributed by atoms with E-state index in [2.05, 4.69) is 20.9 Å². The van der Waals surface area contributed by atoms with E-state index < -0.39 is 0 Å². The molecule has 1 aromatic heterocycles. The Morgan fingerprint density at radius 2 is 2.45 bits per heavy atom. The topological polar surface area (TPSA) is 38.9 Å². The third kappa shape index (κ3) is 2.27. The number of halogens is 1. The summed E-state index contributed by atoms with van der Waals surface area (Å²) in [7, 11) is 0. The highest BCUT2D eigenvalue weighted by Gasteiger charge is 2.03. The molecule has 0 fully saturated rings. The molecule has 2 N–H and O–H groups in total. The van der Waals surface area contributed by atoms with Crippen molar-refractivity contribution in [2.24, 2.45) is 5.73 Å². The number of pyridine rings is 1. The Kier molecular flexibility index (Phi) is 3.02. The van der Waals surface area contributed by atoms with E-state index in [1.54, 1.807) is 6.20 Å². The van der Waals surface area contributed by atoms with Gasteiger partial charge in [0.15, 0.2) is 0 Å². The molecule has 0 aromatic carbocycles. The molecule has 1 heterocycles. The summed E-state index contributed by atoms with van der Waals surface area (Å²) in [5.41, 5.74) is 6.73. The maximum absolute atomic E-state index is 5.78. The molecule has 1 unspecified atom stereocenters. The third-order valence-electron chi connectivity index (χ3n) is 1.56. The highest BCUT2D eigenvalue weighted by molar-refractivity contribution is 9.10. The summed E-state index contributed by atoms with van der Waals surface area (Å²) in [6.07, 6.45) is 2.68. The Morgan fingerprint density at radius 3 is 3.00 bits per heavy atom. The van der Waals surface area contributed by atoms with Gasteiger partial charge in [0.05, 0.1) is 5.69 Å². The van der Waals surface area contributed by atoms with Crippen LogP contribution in [-0.2, 0) is 0 Å². The van der Waals surface area contributed by atoms with Gasteiger partial charge < -0.3 is 5.73 Å². The molecule has 3 heteroatoms. The number of hydrogen-bond donors (Lipinski definition) is 1. The van der Waals surface area contributed by atoms with Crippen LogP contribution < -0.4 is 5.73 Å². The molecule has 1 aromatic rings. The van der Waals surface area contributed by atoms with Crippen LogP contribution in [0.15, 0.2) is 22.8 Å². The van der Waals surface area contributed by atoms with Gasteiger partial charge in [0, 0.05) is 16.7 Å². The second kappa shape index (κ2) is 3.83. The van der Waals surface area contributed by atoms with Crippen LogP contribution >= 0.6 is 15.9 Å². The normalized spacial score (nSPS) is 13.0. The molecule has 1 atom stereocenters. The summed E-state index contributed by atoms with van der Waals surface area (Å²) in [4.78, 5) is 4.16. The smallest absolute Gasteiger partial charge is 0.0582 e. The van der Waals surface area contributed by atoms with E-state index in [4.69, 9.17) is 5.73 Å². The fourth-order valence-electron chi connectivity index (χ4n) is 0.833. The zero-order chi connectivity index (χ0) is 8.27. The van der Waals surface area contributed by atoms with Gasteiger partial charge in [-0.2, -0.15) is 0 Å². The molecule has 1 rings (SSSR count). The van der Waals surface area contributed by atoms with Gasteiger partial charge in [-0.15, -0.1) is 0 Å². The summed E-state index contributed by atoms with van der Waals surface area (Å²) in [6, 6.07) is 3.91. The Bertz CT molecular complexity index is 237. The lowest BCUT2D eigenvalue weighted by atomic mass is 10.1. The maximum atomic E-state index is 5.78. The fraction of sp³-hybridized carbons (Fsp3) is 0.375. The lowest BCUT2D eigenvalue weighted by Crippen LogP contribution is -2.10. The van der Waals surface area contributed by atoms with Gasteiger partial charge in [-0.25, -0.2) is 0 Å². The average molecular weight is 215 g/mol. The van der Waals surface area contributed by atoms with Crippen molar-refractivity contribution in [3.8, 4) is 0 Å². The summed E-state index contributed by atoms with van der Waals surface area (Å²) in [5.74, 6) is 0. The van der Waals surface area contributed by atoms with E-state index in [0.29, 0.717) is 0 Å². The molecule has 0 spiro atoms. The monoisotopic (exact) mass is 214 g/mol. The highest BCUT2D eigenvalue weighted by Crippen LogP contribution is 2.15. The van der Waals surface area contributed by atoms with Crippen LogP contribution in [0.25, 0.3) is 0 Å². The summed E-state index contributed by atoms with van der Waals surface area (Å²) in [6.45, 7) is 2.05. The maximum Gasteiger partial charge on any atom is 0.0582 e. The van der Waals surface area contributed by atoms with Gasteiger partial charge in [0.1, 0.15) is 0 Å². The second-order valence-electron chi connectivity index (χ2n) is 2.41. The van der Waals surface area contributed by atoms with Crippen LogP contribution in [0.5, 0.6) is 0 Å². The van der Waals surface area contributed by atoms with Crippen molar-refractivity contribution in [2.75, 3.05) is 0 Å². The molecule has 0 aliphatic carbocycles. The van der Waals surface area contributed by atoms with Gasteiger partial charge in [-0.3, -0.25) is 4.98 Å². The predicted molar refractivity (Wildman–Crippen MR) is 49.2 cm³/mol. The molecule has 60 valence electrons. The minimum atomic E-state index is 0.0625. The van der Waals surface area contributed by atoms with E-state index >= 15 is 0 Å². The SMILES string of the molecule is CCC(N)c1cc(Br)ccn1. The highest BCUT2D eigenvalue weighted by atomic mass is 79.9. The molecule has 0 bridgehead atoms. The lowest BCUT2D eigenvalue weighted by molar-refractivity contribution is 0.675. The molecular weight excluding hydrogens is 204 g/mol. The number of hydrogen-bond acceptors (Lipinski definition) is 2. The molecule has 0 radical (unpaired) electrons. The molecule has 0 saturated heterocycles. The van der Waals surface area contributed by atoms with Crippen LogP contribution in [0.3, 0.4) is 0 Å². The Labute approximate surface area is 75.0 Å². The zero-order valence-corrected chi connectivity index (χ0v) is 8.01. The Morgan fingerprint density at radius 1 is 1.73 bits per heavy atom. The summed E-state index contributed by atoms with van der Waals surface area (Å²) in [5, 5.41) is 0. The van der Waals surface area contributed by atoms with Gasteiger partial charge in [-0.05, 0) is 18.6 Å². The van der Waals surface area contributed by atoms with Gasteiger partial charge in [-0.1, -0.05) is 22.9 Å². The van der Waals surface area contributed by atoms with Crippen LogP contribution in [0.2, 0.25) is 0 Å². The lowest BCUT2D eigenvalue weighted by Gasteiger charge is -2.06. The number of nitrogens with zero attached hydrogens (tertiary/aromatic N) is 1. The molecule has 2 nitrogen and oxygen atoms in total. The third-order valence-corrected chi connectivity index (χ3v) is 2.06. The van der Waals surface area contributed by atoms with Gasteiger partial charge in [0.2, 0.25) is 0 Å². The Hall–Kier alpha value is -0.410. The second-order valence-corrected chi connectivity index (χ2v) is 3.33. The van der Waals surface area contributed by atoms with Crippen molar-refractivity contribution in [1.29, 1.82) is 0 Å². The van der Waals surface area contributed by atoms with Crippen LogP contribution in [0, 0.1) is 0 Å². The average Bonchev–Trinajstić information content (AvgIpc) is 2.03. The van der Waals surface area contributed by atoms with E-state index in [9.17, 15) is 0 Å². The molecule has 0 aliphatic rings. The van der Waals surface area contributed by atoms with Crippen LogP contribution in [-0.4, -0.2) is 4.98 Å². The minimum absolute atomic E-state index is 0.0625. The van der Waals surface area contributed by atoms with Gasteiger partial charge >= 0.3 is 0 Å². The largest absolute Gasteiger partial charge is 0.323 e. The number of aromatic nitrogens is 1. The van der Waals surface area contributed by atoms with Crippen LogP contribution in [0.4, 0.5) is 0 Å². The van der Waals surface area contributed by atoms with Crippen molar-refractivity contribution in [2.45, 2.75) is 19.4 Å². The molecule has 0 amide bonds. The van der Waals surface area contributed by atoms with E-state index in [1.807, 2.05) is 19.1 Å². The van der Waals surface area contributed by atoms with Crippen molar-refractivity contribution < 1.29 is 0 Å². The first-order chi connectivity index (χ1) is 5.24. The van der Waals surface area contributed by atoms with Crippen LogP contribution in [0.1, 0.15) is 25.1 Å². The molecule has 0 saturated carbocycles. The first-order valence-corrected chi connectivity index (χ1v) is 4.40. The first kappa shape index (κ1) is 8.68. The Balaban J connectivity index is 2.86. The van der Waals surface area contributed by atoms with E-state index in [-0.39, 0.29) is 6.04 Å². The fourth-order valence-corrected chi connectivity index (χ4v) is 1.19. The van der Waals surface area contributed by atoms with E-state index in [1.165, 1.54) is 0 Å².